The highest BCUT2D eigenvalue weighted by molar-refractivity contribution is 7.91. The van der Waals surface area contributed by atoms with Gasteiger partial charge >= 0.3 is 0 Å². The highest BCUT2D eigenvalue weighted by atomic mass is 32.2. The van der Waals surface area contributed by atoms with Crippen LogP contribution in [0.2, 0.25) is 0 Å². The van der Waals surface area contributed by atoms with Crippen molar-refractivity contribution in [3.63, 3.8) is 0 Å². The number of rotatable bonds is 2. The van der Waals surface area contributed by atoms with Gasteiger partial charge in [0, 0.05) is 0 Å². The Morgan fingerprint density at radius 2 is 2.00 bits per heavy atom. The number of hydrogen-bond acceptors (Lipinski definition) is 2. The Labute approximate surface area is 84.9 Å². The van der Waals surface area contributed by atoms with E-state index in [2.05, 4.69) is 5.92 Å². The van der Waals surface area contributed by atoms with Crippen LogP contribution < -0.4 is 0 Å². The third-order valence-corrected chi connectivity index (χ3v) is 3.82. The van der Waals surface area contributed by atoms with Gasteiger partial charge in [-0.1, -0.05) is 18.1 Å². The topological polar surface area (TPSA) is 34.1 Å². The van der Waals surface area contributed by atoms with E-state index >= 15 is 0 Å². The third kappa shape index (κ3) is 1.97. The third-order valence-electron chi connectivity index (χ3n) is 2.16. The van der Waals surface area contributed by atoms with Crippen molar-refractivity contribution in [2.75, 3.05) is 5.75 Å². The van der Waals surface area contributed by atoms with Gasteiger partial charge in [-0.05, 0) is 31.0 Å². The van der Waals surface area contributed by atoms with E-state index < -0.39 is 9.84 Å². The minimum Gasteiger partial charge on any atom is -0.223 e. The van der Waals surface area contributed by atoms with Crippen molar-refractivity contribution >= 4 is 9.84 Å². The molecule has 0 fully saturated rings. The van der Waals surface area contributed by atoms with Crippen LogP contribution in [0.4, 0.5) is 0 Å². The van der Waals surface area contributed by atoms with E-state index in [4.69, 9.17) is 6.42 Å². The molecule has 0 radical (unpaired) electrons. The first-order chi connectivity index (χ1) is 6.49. The Morgan fingerprint density at radius 3 is 2.57 bits per heavy atom. The Hall–Kier alpha value is -1.27. The molecule has 1 rings (SSSR count). The number of hydrogen-bond donors (Lipinski definition) is 0. The molecule has 0 bridgehead atoms. The zero-order valence-electron chi connectivity index (χ0n) is 8.24. The second-order valence-electron chi connectivity index (χ2n) is 3.16. The molecule has 0 spiro atoms. The predicted octanol–water partition coefficient (Wildman–Crippen LogP) is 1.71. The second-order valence-corrected chi connectivity index (χ2v) is 5.12. The number of terminal acetylenes is 1. The van der Waals surface area contributed by atoms with Crippen molar-refractivity contribution in [2.45, 2.75) is 18.7 Å². The Balaban J connectivity index is 3.35. The summed E-state index contributed by atoms with van der Waals surface area (Å²) < 4.78 is 23.3. The minimum atomic E-state index is -3.30. The Bertz CT molecular complexity index is 478. The smallest absolute Gasteiger partial charge is 0.189 e. The van der Waals surface area contributed by atoms with Crippen LogP contribution in [0.1, 0.15) is 11.1 Å². The van der Waals surface area contributed by atoms with Crippen molar-refractivity contribution in [3.8, 4) is 12.3 Å². The summed E-state index contributed by atoms with van der Waals surface area (Å²) in [5, 5.41) is 0. The summed E-state index contributed by atoms with van der Waals surface area (Å²) >= 11 is 0. The van der Waals surface area contributed by atoms with Gasteiger partial charge in [-0.15, -0.1) is 6.42 Å². The summed E-state index contributed by atoms with van der Waals surface area (Å²) in [7, 11) is -3.30. The molecule has 0 saturated heterocycles. The fourth-order valence-corrected chi connectivity index (χ4v) is 2.54. The molecule has 0 aliphatic heterocycles. The van der Waals surface area contributed by atoms with Gasteiger partial charge < -0.3 is 0 Å². The van der Waals surface area contributed by atoms with E-state index in [1.54, 1.807) is 19.1 Å². The standard InChI is InChI=1S/C11H12O2S/c1-4-8-14(12,13)11-7-5-6-9(2)10(11)3/h1,5-7H,8H2,2-3H3. The van der Waals surface area contributed by atoms with Crippen LogP contribution in [-0.4, -0.2) is 14.2 Å². The zero-order chi connectivity index (χ0) is 10.8. The highest BCUT2D eigenvalue weighted by Gasteiger charge is 2.15. The molecular weight excluding hydrogens is 196 g/mol. The first kappa shape index (κ1) is 10.8. The number of benzene rings is 1. The maximum absolute atomic E-state index is 11.7. The molecular formula is C11H12O2S. The van der Waals surface area contributed by atoms with E-state index in [0.29, 0.717) is 4.90 Å². The molecule has 1 aromatic carbocycles. The zero-order valence-corrected chi connectivity index (χ0v) is 9.06. The largest absolute Gasteiger partial charge is 0.223 e. The highest BCUT2D eigenvalue weighted by Crippen LogP contribution is 2.18. The van der Waals surface area contributed by atoms with Crippen molar-refractivity contribution < 1.29 is 8.42 Å². The van der Waals surface area contributed by atoms with E-state index in [1.165, 1.54) is 0 Å². The summed E-state index contributed by atoms with van der Waals surface area (Å²) in [5.41, 5.74) is 1.74. The molecule has 0 N–H and O–H groups in total. The molecule has 0 unspecified atom stereocenters. The van der Waals surface area contributed by atoms with Crippen LogP contribution in [-0.2, 0) is 9.84 Å². The predicted molar refractivity (Wildman–Crippen MR) is 56.8 cm³/mol. The summed E-state index contributed by atoms with van der Waals surface area (Å²) in [5.74, 6) is 1.93. The van der Waals surface area contributed by atoms with Gasteiger partial charge in [0.1, 0.15) is 5.75 Å². The summed E-state index contributed by atoms with van der Waals surface area (Å²) in [4.78, 5) is 0.343. The van der Waals surface area contributed by atoms with E-state index in [9.17, 15) is 8.42 Å². The lowest BCUT2D eigenvalue weighted by molar-refractivity contribution is 0.599. The quantitative estimate of drug-likeness (QED) is 0.693. The van der Waals surface area contributed by atoms with Crippen LogP contribution in [0.15, 0.2) is 23.1 Å². The van der Waals surface area contributed by atoms with E-state index in [0.717, 1.165) is 11.1 Å². The van der Waals surface area contributed by atoms with Crippen LogP contribution >= 0.6 is 0 Å². The molecule has 0 aliphatic rings. The first-order valence-corrected chi connectivity index (χ1v) is 5.86. The average molecular weight is 208 g/mol. The van der Waals surface area contributed by atoms with Gasteiger partial charge in [-0.3, -0.25) is 0 Å². The maximum atomic E-state index is 11.7. The number of aryl methyl sites for hydroxylation is 1. The van der Waals surface area contributed by atoms with Crippen LogP contribution in [0.25, 0.3) is 0 Å². The molecule has 2 nitrogen and oxygen atoms in total. The SMILES string of the molecule is C#CCS(=O)(=O)c1cccc(C)c1C. The molecule has 0 amide bonds. The van der Waals surface area contributed by atoms with Gasteiger partial charge in [0.05, 0.1) is 4.90 Å². The fourth-order valence-electron chi connectivity index (χ4n) is 1.25. The maximum Gasteiger partial charge on any atom is 0.189 e. The molecule has 0 atom stereocenters. The summed E-state index contributed by atoms with van der Waals surface area (Å²) in [6.45, 7) is 3.67. The molecule has 74 valence electrons. The van der Waals surface area contributed by atoms with Gasteiger partial charge in [-0.2, -0.15) is 0 Å². The molecule has 0 saturated carbocycles. The van der Waals surface area contributed by atoms with Crippen LogP contribution in [0.3, 0.4) is 0 Å². The minimum absolute atomic E-state index is 0.239. The van der Waals surface area contributed by atoms with Crippen molar-refractivity contribution in [2.24, 2.45) is 0 Å². The lowest BCUT2D eigenvalue weighted by Crippen LogP contribution is -2.07. The lowest BCUT2D eigenvalue weighted by atomic mass is 10.1. The van der Waals surface area contributed by atoms with E-state index in [1.807, 2.05) is 13.0 Å². The van der Waals surface area contributed by atoms with E-state index in [-0.39, 0.29) is 5.75 Å². The van der Waals surface area contributed by atoms with Gasteiger partial charge in [0.15, 0.2) is 9.84 Å². The average Bonchev–Trinajstić information content (AvgIpc) is 2.09. The number of sulfone groups is 1. The van der Waals surface area contributed by atoms with Gasteiger partial charge in [0.2, 0.25) is 0 Å². The van der Waals surface area contributed by atoms with Crippen molar-refractivity contribution in [1.82, 2.24) is 0 Å². The van der Waals surface area contributed by atoms with Gasteiger partial charge in [-0.25, -0.2) is 8.42 Å². The molecule has 0 aromatic heterocycles. The molecule has 0 heterocycles. The molecule has 3 heteroatoms. The lowest BCUT2D eigenvalue weighted by Gasteiger charge is -2.07. The molecule has 0 aliphatic carbocycles. The molecule has 14 heavy (non-hydrogen) atoms. The van der Waals surface area contributed by atoms with Crippen LogP contribution in [0.5, 0.6) is 0 Å². The Morgan fingerprint density at radius 1 is 1.36 bits per heavy atom. The van der Waals surface area contributed by atoms with Crippen molar-refractivity contribution in [3.05, 3.63) is 29.3 Å². The fraction of sp³-hybridized carbons (Fsp3) is 0.273. The second kappa shape index (κ2) is 3.85. The monoisotopic (exact) mass is 208 g/mol. The molecule has 1 aromatic rings. The Kier molecular flexibility index (Phi) is 2.97. The normalized spacial score (nSPS) is 10.9. The van der Waals surface area contributed by atoms with Gasteiger partial charge in [0.25, 0.3) is 0 Å². The van der Waals surface area contributed by atoms with Crippen LogP contribution in [0, 0.1) is 26.2 Å². The summed E-state index contributed by atoms with van der Waals surface area (Å²) in [6, 6.07) is 5.20. The summed E-state index contributed by atoms with van der Waals surface area (Å²) in [6.07, 6.45) is 5.01. The first-order valence-electron chi connectivity index (χ1n) is 4.21. The van der Waals surface area contributed by atoms with Crippen molar-refractivity contribution in [1.29, 1.82) is 0 Å².